The van der Waals surface area contributed by atoms with Crippen LogP contribution in [0.4, 0.5) is 4.79 Å². The Hall–Kier alpha value is -4.08. The largest absolute Gasteiger partial charge is 0.494 e. The van der Waals surface area contributed by atoms with Crippen LogP contribution < -0.4 is 10.1 Å². The molecule has 0 spiro atoms. The fraction of sp³-hybridized carbons (Fsp3) is 0.543. The molecule has 2 aromatic carbocycles. The summed E-state index contributed by atoms with van der Waals surface area (Å²) in [5, 5.41) is 21.4. The number of alkyl carbamates (subject to hydrolysis) is 1. The van der Waals surface area contributed by atoms with Crippen LogP contribution in [0.5, 0.6) is 5.75 Å². The van der Waals surface area contributed by atoms with E-state index in [0.29, 0.717) is 44.6 Å². The van der Waals surface area contributed by atoms with Crippen LogP contribution in [0.3, 0.4) is 0 Å². The first-order chi connectivity index (χ1) is 21.4. The van der Waals surface area contributed by atoms with Gasteiger partial charge in [-0.25, -0.2) is 4.79 Å². The molecule has 2 aromatic rings. The number of ether oxygens (including phenoxy) is 3. The summed E-state index contributed by atoms with van der Waals surface area (Å²) in [4.78, 5) is 46.9. The van der Waals surface area contributed by atoms with Crippen LogP contribution in [0.25, 0.3) is 0 Å². The van der Waals surface area contributed by atoms with E-state index in [-0.39, 0.29) is 25.4 Å². The summed E-state index contributed by atoms with van der Waals surface area (Å²) >= 11 is 0. The van der Waals surface area contributed by atoms with Gasteiger partial charge in [-0.2, -0.15) is 0 Å². The zero-order valence-corrected chi connectivity index (χ0v) is 26.8. The van der Waals surface area contributed by atoms with Gasteiger partial charge >= 0.3 is 24.0 Å². The number of carbonyl (C=O) groups excluding carboxylic acids is 2. The predicted molar refractivity (Wildman–Crippen MR) is 170 cm³/mol. The average Bonchev–Trinajstić information content (AvgIpc) is 2.97. The molecule has 10 nitrogen and oxygen atoms in total. The molecule has 1 amide bonds. The third kappa shape index (κ3) is 17.7. The van der Waals surface area contributed by atoms with Crippen molar-refractivity contribution < 1.29 is 43.6 Å². The molecule has 0 bridgehead atoms. The Labute approximate surface area is 266 Å². The summed E-state index contributed by atoms with van der Waals surface area (Å²) in [5.41, 5.74) is 1.33. The van der Waals surface area contributed by atoms with Crippen molar-refractivity contribution in [1.82, 2.24) is 5.32 Å². The number of hydrogen-bond donors (Lipinski definition) is 3. The number of carbonyl (C=O) groups is 4. The van der Waals surface area contributed by atoms with Crippen LogP contribution in [0.1, 0.15) is 89.7 Å². The van der Waals surface area contributed by atoms with Crippen molar-refractivity contribution in [2.75, 3.05) is 13.2 Å². The lowest BCUT2D eigenvalue weighted by molar-refractivity contribution is -0.160. The van der Waals surface area contributed by atoms with E-state index in [1.807, 2.05) is 54.6 Å². The van der Waals surface area contributed by atoms with Gasteiger partial charge in [0.25, 0.3) is 0 Å². The molecule has 45 heavy (non-hydrogen) atoms. The second kappa shape index (κ2) is 20.0. The van der Waals surface area contributed by atoms with E-state index in [9.17, 15) is 24.3 Å². The molecule has 2 rings (SSSR count). The number of benzene rings is 2. The molecule has 3 N–H and O–H groups in total. The van der Waals surface area contributed by atoms with Crippen molar-refractivity contribution in [3.05, 3.63) is 65.7 Å². The SMILES string of the molecule is CC(C)(C)OC(=O)CC(CCC(CCCCCC(=O)O)Cc1ccc(OCCCNC(=O)OCc2ccccc2)cc1)C(=O)O. The molecule has 0 heterocycles. The minimum absolute atomic E-state index is 0.136. The molecule has 0 aliphatic rings. The number of rotatable bonds is 21. The van der Waals surface area contributed by atoms with Gasteiger partial charge in [0.15, 0.2) is 0 Å². The lowest BCUT2D eigenvalue weighted by Crippen LogP contribution is -2.27. The highest BCUT2D eigenvalue weighted by molar-refractivity contribution is 5.79. The molecule has 0 radical (unpaired) electrons. The summed E-state index contributed by atoms with van der Waals surface area (Å²) in [6.07, 6.45) is 4.87. The van der Waals surface area contributed by atoms with E-state index in [4.69, 9.17) is 19.3 Å². The lowest BCUT2D eigenvalue weighted by atomic mass is 9.86. The van der Waals surface area contributed by atoms with E-state index in [1.54, 1.807) is 20.8 Å². The fourth-order valence-electron chi connectivity index (χ4n) is 4.85. The van der Waals surface area contributed by atoms with Crippen LogP contribution in [-0.2, 0) is 36.9 Å². The number of carboxylic acids is 2. The predicted octanol–water partition coefficient (Wildman–Crippen LogP) is 6.79. The number of nitrogens with one attached hydrogen (secondary N) is 1. The first-order valence-corrected chi connectivity index (χ1v) is 15.7. The van der Waals surface area contributed by atoms with E-state index in [2.05, 4.69) is 5.32 Å². The summed E-state index contributed by atoms with van der Waals surface area (Å²) in [7, 11) is 0. The monoisotopic (exact) mass is 627 g/mol. The van der Waals surface area contributed by atoms with Crippen molar-refractivity contribution in [2.24, 2.45) is 11.8 Å². The maximum Gasteiger partial charge on any atom is 0.407 e. The number of hydrogen-bond acceptors (Lipinski definition) is 7. The van der Waals surface area contributed by atoms with Gasteiger partial charge in [-0.3, -0.25) is 14.4 Å². The summed E-state index contributed by atoms with van der Waals surface area (Å²) < 4.78 is 16.3. The summed E-state index contributed by atoms with van der Waals surface area (Å²) in [6, 6.07) is 17.2. The second-order valence-corrected chi connectivity index (χ2v) is 12.3. The quantitative estimate of drug-likeness (QED) is 0.100. The molecule has 0 aromatic heterocycles. The molecule has 0 fully saturated rings. The summed E-state index contributed by atoms with van der Waals surface area (Å²) in [5.74, 6) is -2.28. The number of carboxylic acid groups (broad SMARTS) is 2. The fourth-order valence-corrected chi connectivity index (χ4v) is 4.85. The van der Waals surface area contributed by atoms with Gasteiger partial charge in [0, 0.05) is 13.0 Å². The average molecular weight is 628 g/mol. The maximum absolute atomic E-state index is 12.3. The molecule has 248 valence electrons. The Bertz CT molecular complexity index is 1180. The van der Waals surface area contributed by atoms with Gasteiger partial charge in [-0.15, -0.1) is 0 Å². The van der Waals surface area contributed by atoms with Gasteiger partial charge in [-0.05, 0) is 82.1 Å². The Kier molecular flexibility index (Phi) is 16.5. The zero-order valence-electron chi connectivity index (χ0n) is 26.8. The van der Waals surface area contributed by atoms with Gasteiger partial charge in [-0.1, -0.05) is 61.7 Å². The normalized spacial score (nSPS) is 12.5. The maximum atomic E-state index is 12.3. The van der Waals surface area contributed by atoms with Crippen molar-refractivity contribution in [3.8, 4) is 5.75 Å². The molecule has 0 saturated heterocycles. The van der Waals surface area contributed by atoms with E-state index >= 15 is 0 Å². The third-order valence-electron chi connectivity index (χ3n) is 7.13. The first kappa shape index (κ1) is 37.1. The second-order valence-electron chi connectivity index (χ2n) is 12.3. The van der Waals surface area contributed by atoms with Crippen molar-refractivity contribution in [2.45, 2.75) is 97.2 Å². The Morgan fingerprint density at radius 1 is 0.822 bits per heavy atom. The van der Waals surface area contributed by atoms with Crippen molar-refractivity contribution >= 4 is 24.0 Å². The van der Waals surface area contributed by atoms with E-state index in [1.165, 1.54) is 0 Å². The highest BCUT2D eigenvalue weighted by Crippen LogP contribution is 2.26. The summed E-state index contributed by atoms with van der Waals surface area (Å²) in [6.45, 7) is 6.31. The van der Waals surface area contributed by atoms with Gasteiger partial charge in [0.1, 0.15) is 18.0 Å². The van der Waals surface area contributed by atoms with Gasteiger partial charge in [0.05, 0.1) is 18.9 Å². The highest BCUT2D eigenvalue weighted by Gasteiger charge is 2.26. The molecule has 2 atom stereocenters. The van der Waals surface area contributed by atoms with Crippen LogP contribution >= 0.6 is 0 Å². The smallest absolute Gasteiger partial charge is 0.407 e. The van der Waals surface area contributed by atoms with Crippen LogP contribution in [-0.4, -0.2) is 53.0 Å². The molecule has 0 aliphatic carbocycles. The number of unbranched alkanes of at least 4 members (excludes halogenated alkanes) is 2. The van der Waals surface area contributed by atoms with Crippen molar-refractivity contribution in [3.63, 3.8) is 0 Å². The Morgan fingerprint density at radius 2 is 1.53 bits per heavy atom. The number of aliphatic carboxylic acids is 2. The van der Waals surface area contributed by atoms with Crippen LogP contribution in [0, 0.1) is 11.8 Å². The van der Waals surface area contributed by atoms with E-state index < -0.39 is 35.5 Å². The first-order valence-electron chi connectivity index (χ1n) is 15.7. The molecule has 0 aliphatic heterocycles. The minimum atomic E-state index is -1.01. The third-order valence-corrected chi connectivity index (χ3v) is 7.13. The lowest BCUT2D eigenvalue weighted by Gasteiger charge is -2.22. The number of amides is 1. The molecular weight excluding hydrogens is 578 g/mol. The topological polar surface area (TPSA) is 148 Å². The molecular formula is C35H49NO9. The minimum Gasteiger partial charge on any atom is -0.494 e. The number of esters is 1. The standard InChI is InChI=1S/C35H49NO9/c1-35(2,3)45-32(39)24-29(33(40)41)18-15-26(11-6-5-9-14-31(37)38)23-27-16-19-30(20-17-27)43-22-10-21-36-34(42)44-25-28-12-7-4-8-13-28/h4,7-8,12-13,16-17,19-20,26,29H,5-6,9-11,14-15,18,21-25H2,1-3H3,(H,36,42)(H,37,38)(H,40,41). The molecule has 2 unspecified atom stereocenters. The highest BCUT2D eigenvalue weighted by atomic mass is 16.6. The Morgan fingerprint density at radius 3 is 2.18 bits per heavy atom. The van der Waals surface area contributed by atoms with Gasteiger partial charge < -0.3 is 29.7 Å². The Balaban J connectivity index is 1.82. The van der Waals surface area contributed by atoms with Crippen molar-refractivity contribution in [1.29, 1.82) is 0 Å². The zero-order chi connectivity index (χ0) is 33.1. The van der Waals surface area contributed by atoms with Crippen LogP contribution in [0.2, 0.25) is 0 Å². The van der Waals surface area contributed by atoms with E-state index in [0.717, 1.165) is 36.8 Å². The van der Waals surface area contributed by atoms with Gasteiger partial charge in [0.2, 0.25) is 0 Å². The van der Waals surface area contributed by atoms with Crippen LogP contribution in [0.15, 0.2) is 54.6 Å². The molecule has 10 heteroatoms. The molecule has 0 saturated carbocycles.